The van der Waals surface area contributed by atoms with E-state index in [9.17, 15) is 2.74 Å². The Hall–Kier alpha value is -7.50. The van der Waals surface area contributed by atoms with Gasteiger partial charge in [0.15, 0.2) is 17.5 Å². The summed E-state index contributed by atoms with van der Waals surface area (Å²) in [6.07, 6.45) is 1.76. The normalized spacial score (nSPS) is 13.3. The number of hydrogen-bond acceptors (Lipinski definition) is 4. The summed E-state index contributed by atoms with van der Waals surface area (Å²) in [5, 5.41) is -0.0606. The summed E-state index contributed by atoms with van der Waals surface area (Å²) in [6.45, 7) is 0. The molecule has 0 aliphatic carbocycles. The average molecular weight is 712 g/mol. The van der Waals surface area contributed by atoms with Gasteiger partial charge in [-0.05, 0) is 58.1 Å². The predicted octanol–water partition coefficient (Wildman–Crippen LogP) is 12.4. The quantitative estimate of drug-likeness (QED) is 0.165. The van der Waals surface area contributed by atoms with Gasteiger partial charge in [0.05, 0.1) is 27.7 Å². The highest BCUT2D eigenvalue weighted by Gasteiger charge is 2.20. The minimum absolute atomic E-state index is 0.0152. The van der Waals surface area contributed by atoms with E-state index in [1.54, 1.807) is 6.20 Å². The van der Waals surface area contributed by atoms with Gasteiger partial charge in [0.1, 0.15) is 5.69 Å². The predicted molar refractivity (Wildman–Crippen MR) is 225 cm³/mol. The van der Waals surface area contributed by atoms with Gasteiger partial charge in [-0.15, -0.1) is 0 Å². The number of pyridine rings is 1. The van der Waals surface area contributed by atoms with E-state index >= 15 is 0 Å². The first-order valence-electron chi connectivity index (χ1n) is 21.7. The number of hydrogen-bond donors (Lipinski definition) is 0. The fraction of sp³-hybridized carbons (Fsp3) is 0. The van der Waals surface area contributed by atoms with Crippen molar-refractivity contribution in [3.63, 3.8) is 0 Å². The lowest BCUT2D eigenvalue weighted by molar-refractivity contribution is 1.05. The maximum Gasteiger partial charge on any atom is 0.182 e. The van der Waals surface area contributed by atoms with Crippen LogP contribution in [0.2, 0.25) is 0 Å². The van der Waals surface area contributed by atoms with Crippen molar-refractivity contribution in [2.75, 3.05) is 0 Å². The van der Waals surface area contributed by atoms with E-state index in [0.29, 0.717) is 28.3 Å². The molecule has 0 bridgehead atoms. The molecule has 0 unspecified atom stereocenters. The molecule has 5 heteroatoms. The van der Waals surface area contributed by atoms with Crippen molar-refractivity contribution in [1.82, 2.24) is 24.5 Å². The molecule has 55 heavy (non-hydrogen) atoms. The van der Waals surface area contributed by atoms with Crippen molar-refractivity contribution in [3.8, 4) is 73.4 Å². The number of para-hydroxylation sites is 2. The Morgan fingerprint density at radius 2 is 0.873 bits per heavy atom. The molecule has 0 aliphatic heterocycles. The molecule has 0 N–H and O–H groups in total. The Bertz CT molecular complexity index is 3220. The fourth-order valence-corrected chi connectivity index (χ4v) is 6.89. The molecule has 3 heterocycles. The summed E-state index contributed by atoms with van der Waals surface area (Å²) in [5.41, 5.74) is 7.40. The van der Waals surface area contributed by atoms with Gasteiger partial charge < -0.3 is 4.57 Å². The molecule has 0 aliphatic rings. The summed E-state index contributed by atoms with van der Waals surface area (Å²) < 4.78 is 72.9. The van der Waals surface area contributed by atoms with Crippen LogP contribution in [0, 0.1) is 0 Å². The Morgan fingerprint density at radius 1 is 0.400 bits per heavy atom. The summed E-state index contributed by atoms with van der Waals surface area (Å²) in [7, 11) is 0. The molecule has 3 aromatic heterocycles. The zero-order valence-corrected chi connectivity index (χ0v) is 29.2. The van der Waals surface area contributed by atoms with E-state index in [1.807, 2.05) is 146 Å². The van der Waals surface area contributed by atoms with Crippen molar-refractivity contribution in [2.24, 2.45) is 0 Å². The van der Waals surface area contributed by atoms with Gasteiger partial charge in [-0.2, -0.15) is 0 Å². The highest BCUT2D eigenvalue weighted by atomic mass is 15.1. The highest BCUT2D eigenvalue weighted by Crippen LogP contribution is 2.38. The van der Waals surface area contributed by atoms with Crippen molar-refractivity contribution in [2.45, 2.75) is 0 Å². The molecular weight excluding hydrogens is 671 g/mol. The lowest BCUT2D eigenvalue weighted by atomic mass is 10.0. The van der Waals surface area contributed by atoms with Gasteiger partial charge in [-0.3, -0.25) is 4.98 Å². The molecule has 258 valence electrons. The maximum absolute atomic E-state index is 9.26. The summed E-state index contributed by atoms with van der Waals surface area (Å²) in [5.74, 6) is 0.806. The Kier molecular flexibility index (Phi) is 6.20. The zero-order chi connectivity index (χ0) is 43.5. The lowest BCUT2D eigenvalue weighted by Crippen LogP contribution is -2.04. The van der Waals surface area contributed by atoms with Gasteiger partial charge in [0.2, 0.25) is 0 Å². The van der Waals surface area contributed by atoms with Crippen LogP contribution in [-0.2, 0) is 0 Å². The van der Waals surface area contributed by atoms with E-state index in [-0.39, 0.29) is 33.5 Å². The molecule has 0 spiro atoms. The van der Waals surface area contributed by atoms with Crippen LogP contribution in [0.15, 0.2) is 200 Å². The molecule has 0 amide bonds. The van der Waals surface area contributed by atoms with E-state index in [1.165, 1.54) is 4.57 Å². The first-order chi connectivity index (χ1) is 30.6. The third-order valence-electron chi connectivity index (χ3n) is 9.60. The summed E-state index contributed by atoms with van der Waals surface area (Å²) in [4.78, 5) is 19.9. The molecule has 10 aromatic rings. The zero-order valence-electron chi connectivity index (χ0n) is 37.2. The van der Waals surface area contributed by atoms with Crippen LogP contribution >= 0.6 is 0 Å². The summed E-state index contributed by atoms with van der Waals surface area (Å²) >= 11 is 0. The first-order valence-corrected chi connectivity index (χ1v) is 17.7. The summed E-state index contributed by atoms with van der Waals surface area (Å²) in [6, 6.07) is 43.0. The molecule has 7 aromatic carbocycles. The van der Waals surface area contributed by atoms with Crippen molar-refractivity contribution >= 4 is 21.8 Å². The molecule has 5 nitrogen and oxygen atoms in total. The molecule has 0 atom stereocenters. The van der Waals surface area contributed by atoms with Crippen LogP contribution in [-0.4, -0.2) is 24.5 Å². The molecule has 0 fully saturated rings. The van der Waals surface area contributed by atoms with Crippen molar-refractivity contribution < 1.29 is 11.0 Å². The number of nitrogens with zero attached hydrogens (tertiary/aromatic N) is 5. The van der Waals surface area contributed by atoms with Gasteiger partial charge in [0, 0.05) is 33.7 Å². The molecule has 10 rings (SSSR count). The Morgan fingerprint density at radius 3 is 1.47 bits per heavy atom. The maximum atomic E-state index is 9.26. The SMILES string of the molecule is [2H]c1c([2H])c([2H])c2c(c1[2H])c1c([2H])c([2H])c([2H])c([2H])c1n2-c1cc(-c2ccccc2)ccc1-c1nc(-c2ccc(-c3ccccc3)cc2)nc(-c2ccc(-c3ccccc3)cn2)n1. The third-order valence-corrected chi connectivity index (χ3v) is 9.60. The second-order valence-electron chi connectivity index (χ2n) is 12.9. The standard InChI is InChI=1S/C50H33N5/c1-4-14-34(15-5-1)37-24-26-38(27-25-37)48-52-49(54-50(53-48)44-31-29-40(33-51-44)36-18-8-3-9-19-36)43-30-28-39(35-16-6-2-7-17-35)32-47(43)55-45-22-12-10-20-41(45)42-21-11-13-23-46(42)55/h1-33H/i10D,11D,12D,13D,20D,21D,22D,23D. The van der Waals surface area contributed by atoms with E-state index in [0.717, 1.165) is 33.4 Å². The van der Waals surface area contributed by atoms with Crippen LogP contribution in [0.4, 0.5) is 0 Å². The number of benzene rings is 7. The average Bonchev–Trinajstić information content (AvgIpc) is 3.71. The van der Waals surface area contributed by atoms with Crippen LogP contribution < -0.4 is 0 Å². The topological polar surface area (TPSA) is 56.5 Å². The number of fused-ring (bicyclic) bond motifs is 3. The van der Waals surface area contributed by atoms with Crippen LogP contribution in [0.1, 0.15) is 11.0 Å². The Labute approximate surface area is 330 Å². The van der Waals surface area contributed by atoms with Crippen molar-refractivity contribution in [1.29, 1.82) is 0 Å². The van der Waals surface area contributed by atoms with E-state index in [2.05, 4.69) is 0 Å². The van der Waals surface area contributed by atoms with Gasteiger partial charge in [-0.1, -0.05) is 164 Å². The number of rotatable bonds is 7. The molecular formula is C50H33N5. The minimum Gasteiger partial charge on any atom is -0.308 e. The number of aromatic nitrogens is 5. The Balaban J connectivity index is 1.28. The van der Waals surface area contributed by atoms with E-state index < -0.39 is 48.3 Å². The van der Waals surface area contributed by atoms with Crippen LogP contribution in [0.5, 0.6) is 0 Å². The minimum atomic E-state index is -0.520. The largest absolute Gasteiger partial charge is 0.308 e. The first kappa shape index (κ1) is 24.7. The van der Waals surface area contributed by atoms with Gasteiger partial charge in [0.25, 0.3) is 0 Å². The highest BCUT2D eigenvalue weighted by molar-refractivity contribution is 6.09. The van der Waals surface area contributed by atoms with Crippen LogP contribution in [0.25, 0.3) is 95.2 Å². The third kappa shape index (κ3) is 6.04. The van der Waals surface area contributed by atoms with E-state index in [4.69, 9.17) is 28.2 Å². The fourth-order valence-electron chi connectivity index (χ4n) is 6.89. The van der Waals surface area contributed by atoms with Crippen LogP contribution in [0.3, 0.4) is 0 Å². The molecule has 0 radical (unpaired) electrons. The second-order valence-corrected chi connectivity index (χ2v) is 12.9. The lowest BCUT2D eigenvalue weighted by Gasteiger charge is -2.16. The molecule has 0 saturated carbocycles. The van der Waals surface area contributed by atoms with Gasteiger partial charge in [-0.25, -0.2) is 15.0 Å². The molecule has 0 saturated heterocycles. The monoisotopic (exact) mass is 711 g/mol. The van der Waals surface area contributed by atoms with Crippen molar-refractivity contribution in [3.05, 3.63) is 200 Å². The second kappa shape index (κ2) is 13.8. The van der Waals surface area contributed by atoms with Gasteiger partial charge >= 0.3 is 0 Å². The smallest absolute Gasteiger partial charge is 0.182 e.